The molecule has 0 radical (unpaired) electrons. The summed E-state index contributed by atoms with van der Waals surface area (Å²) in [7, 11) is 0. The van der Waals surface area contributed by atoms with Crippen LogP contribution in [0.15, 0.2) is 24.3 Å². The lowest BCUT2D eigenvalue weighted by atomic mass is 9.91. The molecule has 0 aromatic heterocycles. The minimum absolute atomic E-state index is 0.152. The maximum Gasteiger partial charge on any atom is 0.0658 e. The first-order chi connectivity index (χ1) is 7.45. The molecule has 0 amide bonds. The number of rotatable bonds is 5. The van der Waals surface area contributed by atoms with Crippen molar-refractivity contribution in [3.8, 4) is 0 Å². The van der Waals surface area contributed by atoms with E-state index in [1.54, 1.807) is 0 Å². The van der Waals surface area contributed by atoms with Gasteiger partial charge in [-0.2, -0.15) is 0 Å². The van der Waals surface area contributed by atoms with Crippen molar-refractivity contribution in [2.45, 2.75) is 39.7 Å². The third-order valence-electron chi connectivity index (χ3n) is 2.67. The molecule has 1 atom stereocenters. The second-order valence-electron chi connectivity index (χ2n) is 5.31. The number of nitrogens with one attached hydrogen (secondary N) is 1. The van der Waals surface area contributed by atoms with Crippen LogP contribution in [0.25, 0.3) is 0 Å². The molecule has 1 rings (SSSR count). The summed E-state index contributed by atoms with van der Waals surface area (Å²) < 4.78 is 0. The lowest BCUT2D eigenvalue weighted by molar-refractivity contribution is 0.202. The van der Waals surface area contributed by atoms with E-state index in [-0.39, 0.29) is 12.1 Å². The van der Waals surface area contributed by atoms with Crippen LogP contribution in [0.5, 0.6) is 0 Å². The molecule has 1 aromatic rings. The van der Waals surface area contributed by atoms with E-state index in [2.05, 4.69) is 45.1 Å². The van der Waals surface area contributed by atoms with Crippen LogP contribution in [0.2, 0.25) is 0 Å². The van der Waals surface area contributed by atoms with Crippen molar-refractivity contribution in [2.75, 3.05) is 11.9 Å². The Balaban J connectivity index is 2.76. The maximum atomic E-state index is 9.50. The number of hydrogen-bond donors (Lipinski definition) is 2. The summed E-state index contributed by atoms with van der Waals surface area (Å²) in [6.45, 7) is 8.63. The monoisotopic (exact) mass is 221 g/mol. The zero-order valence-corrected chi connectivity index (χ0v) is 10.7. The van der Waals surface area contributed by atoms with Gasteiger partial charge in [0.2, 0.25) is 0 Å². The van der Waals surface area contributed by atoms with E-state index in [9.17, 15) is 5.11 Å². The molecule has 2 N–H and O–H groups in total. The van der Waals surface area contributed by atoms with E-state index in [4.69, 9.17) is 0 Å². The molecule has 0 aliphatic carbocycles. The molecular formula is C14H23NO. The van der Waals surface area contributed by atoms with Crippen molar-refractivity contribution in [3.63, 3.8) is 0 Å². The van der Waals surface area contributed by atoms with Gasteiger partial charge in [0, 0.05) is 5.69 Å². The van der Waals surface area contributed by atoms with Gasteiger partial charge in [-0.05, 0) is 43.9 Å². The molecule has 0 aliphatic heterocycles. The SMILES string of the molecule is Cc1cccc(NC(C)(CO)CC(C)C)c1. The highest BCUT2D eigenvalue weighted by Crippen LogP contribution is 2.22. The topological polar surface area (TPSA) is 32.3 Å². The fourth-order valence-electron chi connectivity index (χ4n) is 2.13. The van der Waals surface area contributed by atoms with Crippen molar-refractivity contribution in [3.05, 3.63) is 29.8 Å². The Morgan fingerprint density at radius 3 is 2.56 bits per heavy atom. The van der Waals surface area contributed by atoms with Crippen LogP contribution < -0.4 is 5.32 Å². The van der Waals surface area contributed by atoms with E-state index in [0.717, 1.165) is 12.1 Å². The van der Waals surface area contributed by atoms with Crippen LogP contribution in [0.4, 0.5) is 5.69 Å². The van der Waals surface area contributed by atoms with Gasteiger partial charge >= 0.3 is 0 Å². The summed E-state index contributed by atoms with van der Waals surface area (Å²) in [4.78, 5) is 0. The maximum absolute atomic E-state index is 9.50. The van der Waals surface area contributed by atoms with E-state index in [0.29, 0.717) is 5.92 Å². The molecule has 2 heteroatoms. The highest BCUT2D eigenvalue weighted by molar-refractivity contribution is 5.47. The van der Waals surface area contributed by atoms with E-state index >= 15 is 0 Å². The molecule has 0 saturated heterocycles. The Morgan fingerprint density at radius 2 is 2.06 bits per heavy atom. The lowest BCUT2D eigenvalue weighted by Crippen LogP contribution is -2.40. The largest absolute Gasteiger partial charge is 0.394 e. The molecule has 0 heterocycles. The quantitative estimate of drug-likeness (QED) is 0.800. The molecule has 1 unspecified atom stereocenters. The summed E-state index contributed by atoms with van der Waals surface area (Å²) in [5.41, 5.74) is 2.08. The molecule has 0 bridgehead atoms. The van der Waals surface area contributed by atoms with Gasteiger partial charge in [0.05, 0.1) is 12.1 Å². The Kier molecular flexibility index (Phi) is 4.36. The predicted molar refractivity (Wildman–Crippen MR) is 69.7 cm³/mol. The van der Waals surface area contributed by atoms with Gasteiger partial charge in [-0.15, -0.1) is 0 Å². The molecule has 16 heavy (non-hydrogen) atoms. The van der Waals surface area contributed by atoms with Crippen molar-refractivity contribution < 1.29 is 5.11 Å². The molecule has 0 saturated carbocycles. The standard InChI is InChI=1S/C14H23NO/c1-11(2)9-14(4,10-16)15-13-7-5-6-12(3)8-13/h5-8,11,15-16H,9-10H2,1-4H3. The van der Waals surface area contributed by atoms with Gasteiger partial charge in [-0.3, -0.25) is 0 Å². The first-order valence-electron chi connectivity index (χ1n) is 5.91. The third-order valence-corrected chi connectivity index (χ3v) is 2.67. The van der Waals surface area contributed by atoms with Gasteiger partial charge in [-0.25, -0.2) is 0 Å². The third kappa shape index (κ3) is 3.86. The Hall–Kier alpha value is -1.02. The Labute approximate surface area is 98.7 Å². The first-order valence-corrected chi connectivity index (χ1v) is 5.91. The normalized spacial score (nSPS) is 14.9. The Morgan fingerprint density at radius 1 is 1.38 bits per heavy atom. The molecule has 0 fully saturated rings. The van der Waals surface area contributed by atoms with Crippen LogP contribution in [-0.2, 0) is 0 Å². The number of aliphatic hydroxyl groups is 1. The number of hydrogen-bond acceptors (Lipinski definition) is 2. The number of aryl methyl sites for hydroxylation is 1. The average molecular weight is 221 g/mol. The second-order valence-corrected chi connectivity index (χ2v) is 5.31. The van der Waals surface area contributed by atoms with E-state index in [1.807, 2.05) is 12.1 Å². The molecule has 1 aromatic carbocycles. The molecule has 2 nitrogen and oxygen atoms in total. The fourth-order valence-corrected chi connectivity index (χ4v) is 2.13. The van der Waals surface area contributed by atoms with Gasteiger partial charge in [-0.1, -0.05) is 26.0 Å². The average Bonchev–Trinajstić information content (AvgIpc) is 2.16. The van der Waals surface area contributed by atoms with Crippen LogP contribution in [-0.4, -0.2) is 17.3 Å². The zero-order chi connectivity index (χ0) is 12.2. The molecule has 90 valence electrons. The summed E-state index contributed by atoms with van der Waals surface area (Å²) in [5, 5.41) is 12.9. The summed E-state index contributed by atoms with van der Waals surface area (Å²) in [6, 6.07) is 8.25. The number of aliphatic hydroxyl groups excluding tert-OH is 1. The minimum atomic E-state index is -0.234. The van der Waals surface area contributed by atoms with Gasteiger partial charge in [0.15, 0.2) is 0 Å². The minimum Gasteiger partial charge on any atom is -0.394 e. The zero-order valence-electron chi connectivity index (χ0n) is 10.7. The van der Waals surface area contributed by atoms with Crippen molar-refractivity contribution in [1.29, 1.82) is 0 Å². The van der Waals surface area contributed by atoms with E-state index in [1.165, 1.54) is 5.56 Å². The van der Waals surface area contributed by atoms with Crippen LogP contribution in [0.3, 0.4) is 0 Å². The summed E-state index contributed by atoms with van der Waals surface area (Å²) in [5.74, 6) is 0.564. The van der Waals surface area contributed by atoms with Gasteiger partial charge in [0.1, 0.15) is 0 Å². The second kappa shape index (κ2) is 5.35. The number of anilines is 1. The molecule has 0 aliphatic rings. The van der Waals surface area contributed by atoms with E-state index < -0.39 is 0 Å². The van der Waals surface area contributed by atoms with Gasteiger partial charge < -0.3 is 10.4 Å². The number of benzene rings is 1. The van der Waals surface area contributed by atoms with Crippen LogP contribution >= 0.6 is 0 Å². The predicted octanol–water partition coefficient (Wildman–Crippen LogP) is 3.20. The Bertz CT molecular complexity index is 335. The molecule has 0 spiro atoms. The van der Waals surface area contributed by atoms with Gasteiger partial charge in [0.25, 0.3) is 0 Å². The van der Waals surface area contributed by atoms with Crippen molar-refractivity contribution in [1.82, 2.24) is 0 Å². The summed E-state index contributed by atoms with van der Waals surface area (Å²) in [6.07, 6.45) is 0.956. The van der Waals surface area contributed by atoms with Crippen LogP contribution in [0, 0.1) is 12.8 Å². The molecular weight excluding hydrogens is 198 g/mol. The first kappa shape index (κ1) is 13.0. The fraction of sp³-hybridized carbons (Fsp3) is 0.571. The lowest BCUT2D eigenvalue weighted by Gasteiger charge is -2.31. The van der Waals surface area contributed by atoms with Crippen molar-refractivity contribution in [2.24, 2.45) is 5.92 Å². The van der Waals surface area contributed by atoms with Crippen molar-refractivity contribution >= 4 is 5.69 Å². The highest BCUT2D eigenvalue weighted by atomic mass is 16.3. The smallest absolute Gasteiger partial charge is 0.0658 e. The summed E-state index contributed by atoms with van der Waals surface area (Å²) >= 11 is 0. The van der Waals surface area contributed by atoms with Crippen LogP contribution in [0.1, 0.15) is 32.8 Å². The highest BCUT2D eigenvalue weighted by Gasteiger charge is 2.24.